The fourth-order valence-electron chi connectivity index (χ4n) is 2.70. The van der Waals surface area contributed by atoms with Crippen molar-refractivity contribution in [2.24, 2.45) is 0 Å². The van der Waals surface area contributed by atoms with Gasteiger partial charge in [0.25, 0.3) is 0 Å². The number of hydrogen-bond donors (Lipinski definition) is 1. The second-order valence-electron chi connectivity index (χ2n) is 6.14. The number of unbranched alkanes of at least 4 members (excludes halogenated alkanes) is 6. The van der Waals surface area contributed by atoms with Crippen LogP contribution in [-0.2, 0) is 4.74 Å². The van der Waals surface area contributed by atoms with Crippen LogP contribution in [0.25, 0.3) is 0 Å². The maximum atomic E-state index is 6.11. The van der Waals surface area contributed by atoms with Gasteiger partial charge in [0.2, 0.25) is 0 Å². The lowest BCUT2D eigenvalue weighted by Gasteiger charge is -2.19. The number of nitrogens with one attached hydrogen (secondary N) is 1. The van der Waals surface area contributed by atoms with Crippen molar-refractivity contribution in [3.05, 3.63) is 35.5 Å². The van der Waals surface area contributed by atoms with Gasteiger partial charge in [0.15, 0.2) is 5.82 Å². The molecule has 1 unspecified atom stereocenters. The molecule has 0 aliphatic carbocycles. The van der Waals surface area contributed by atoms with Gasteiger partial charge in [-0.05, 0) is 25.0 Å². The van der Waals surface area contributed by atoms with Gasteiger partial charge in [-0.3, -0.25) is 5.43 Å². The number of anilines is 1. The lowest BCUT2D eigenvalue weighted by molar-refractivity contribution is 0.0771. The molecule has 0 amide bonds. The molecule has 24 heavy (non-hydrogen) atoms. The topological polar surface area (TPSA) is 37.4 Å². The van der Waals surface area contributed by atoms with Crippen molar-refractivity contribution in [2.75, 3.05) is 11.0 Å². The quantitative estimate of drug-likeness (QED) is 0.401. The zero-order chi connectivity index (χ0) is 17.0. The summed E-state index contributed by atoms with van der Waals surface area (Å²) in [5.74, 6) is 0.913. The molecular formula is C19H31N3OS. The Balaban J connectivity index is 1.63. The molecule has 2 rings (SSSR count). The molecule has 1 aromatic heterocycles. The summed E-state index contributed by atoms with van der Waals surface area (Å²) in [5.41, 5.74) is 3.26. The number of hydrazine groups is 1. The summed E-state index contributed by atoms with van der Waals surface area (Å²) in [6.45, 7) is 5.30. The normalized spacial score (nSPS) is 15.2. The highest BCUT2D eigenvalue weighted by molar-refractivity contribution is 8.04. The SMILES string of the molecule is CCCCCCCCCOC(CC)C1=CNN(c2ccccn2)S1. The van der Waals surface area contributed by atoms with Gasteiger partial charge >= 0.3 is 0 Å². The molecule has 0 saturated carbocycles. The monoisotopic (exact) mass is 349 g/mol. The Labute approximate surface area is 151 Å². The van der Waals surface area contributed by atoms with E-state index in [1.807, 2.05) is 35.0 Å². The minimum atomic E-state index is 0.177. The first-order valence-electron chi connectivity index (χ1n) is 9.32. The van der Waals surface area contributed by atoms with Crippen molar-refractivity contribution in [1.82, 2.24) is 10.4 Å². The maximum absolute atomic E-state index is 6.11. The Bertz CT molecular complexity index is 481. The van der Waals surface area contributed by atoms with Gasteiger partial charge in [0, 0.05) is 31.0 Å². The fourth-order valence-corrected chi connectivity index (χ4v) is 3.68. The highest BCUT2D eigenvalue weighted by atomic mass is 32.2. The van der Waals surface area contributed by atoms with E-state index in [0.717, 1.165) is 25.3 Å². The summed E-state index contributed by atoms with van der Waals surface area (Å²) >= 11 is 1.67. The molecule has 5 heteroatoms. The molecule has 1 N–H and O–H groups in total. The molecule has 0 bridgehead atoms. The molecule has 0 fully saturated rings. The van der Waals surface area contributed by atoms with Crippen LogP contribution in [0.1, 0.15) is 65.2 Å². The van der Waals surface area contributed by atoms with Crippen LogP contribution < -0.4 is 9.84 Å². The van der Waals surface area contributed by atoms with Crippen molar-refractivity contribution in [3.8, 4) is 0 Å². The molecule has 0 spiro atoms. The summed E-state index contributed by atoms with van der Waals surface area (Å²) < 4.78 is 8.09. The van der Waals surface area contributed by atoms with Crippen LogP contribution in [0.5, 0.6) is 0 Å². The molecule has 4 nitrogen and oxygen atoms in total. The Kier molecular flexibility index (Phi) is 9.06. The van der Waals surface area contributed by atoms with Crippen molar-refractivity contribution in [1.29, 1.82) is 0 Å². The number of aromatic nitrogens is 1. The van der Waals surface area contributed by atoms with Crippen LogP contribution in [0.15, 0.2) is 35.5 Å². The molecule has 0 saturated heterocycles. The van der Waals surface area contributed by atoms with Gasteiger partial charge in [0.05, 0.1) is 11.0 Å². The summed E-state index contributed by atoms with van der Waals surface area (Å²) in [7, 11) is 0. The van der Waals surface area contributed by atoms with Crippen LogP contribution in [-0.4, -0.2) is 17.7 Å². The number of hydrogen-bond acceptors (Lipinski definition) is 5. The predicted molar refractivity (Wildman–Crippen MR) is 104 cm³/mol. The molecule has 1 aromatic rings. The number of rotatable bonds is 12. The fraction of sp³-hybridized carbons (Fsp3) is 0.632. The van der Waals surface area contributed by atoms with Crippen LogP contribution in [0, 0.1) is 0 Å². The van der Waals surface area contributed by atoms with Crippen molar-refractivity contribution in [2.45, 2.75) is 71.3 Å². The predicted octanol–water partition coefficient (Wildman–Crippen LogP) is 5.44. The van der Waals surface area contributed by atoms with E-state index >= 15 is 0 Å². The van der Waals surface area contributed by atoms with E-state index in [1.165, 1.54) is 43.4 Å². The molecule has 134 valence electrons. The molecule has 1 atom stereocenters. The van der Waals surface area contributed by atoms with E-state index in [0.29, 0.717) is 0 Å². The lowest BCUT2D eigenvalue weighted by Crippen LogP contribution is -2.23. The Morgan fingerprint density at radius 1 is 1.12 bits per heavy atom. The second-order valence-corrected chi connectivity index (χ2v) is 7.16. The standard InChI is InChI=1S/C19H31N3OS/c1-3-5-6-7-8-9-12-15-23-17(4-2)18-16-21-22(24-18)19-13-10-11-14-20-19/h10-11,13-14,16-17,21H,3-9,12,15H2,1-2H3. The average Bonchev–Trinajstić information content (AvgIpc) is 3.11. The Morgan fingerprint density at radius 3 is 2.62 bits per heavy atom. The minimum absolute atomic E-state index is 0.177. The second kappa shape index (κ2) is 11.4. The van der Waals surface area contributed by atoms with E-state index in [2.05, 4.69) is 24.3 Å². The largest absolute Gasteiger partial charge is 0.373 e. The van der Waals surface area contributed by atoms with Crippen molar-refractivity contribution >= 4 is 17.8 Å². The highest BCUT2D eigenvalue weighted by Gasteiger charge is 2.23. The third-order valence-electron chi connectivity index (χ3n) is 4.13. The minimum Gasteiger partial charge on any atom is -0.373 e. The zero-order valence-corrected chi connectivity index (χ0v) is 15.9. The van der Waals surface area contributed by atoms with E-state index in [1.54, 1.807) is 11.9 Å². The summed E-state index contributed by atoms with van der Waals surface area (Å²) in [5, 5.41) is 0. The van der Waals surface area contributed by atoms with Gasteiger partial charge in [-0.25, -0.2) is 9.40 Å². The Morgan fingerprint density at radius 2 is 1.92 bits per heavy atom. The van der Waals surface area contributed by atoms with Crippen LogP contribution >= 0.6 is 11.9 Å². The number of ether oxygens (including phenoxy) is 1. The zero-order valence-electron chi connectivity index (χ0n) is 15.0. The molecule has 1 aliphatic heterocycles. The maximum Gasteiger partial charge on any atom is 0.158 e. The van der Waals surface area contributed by atoms with Gasteiger partial charge in [-0.1, -0.05) is 58.4 Å². The summed E-state index contributed by atoms with van der Waals surface area (Å²) in [4.78, 5) is 5.59. The van der Waals surface area contributed by atoms with Crippen molar-refractivity contribution < 1.29 is 4.74 Å². The smallest absolute Gasteiger partial charge is 0.158 e. The number of nitrogens with zero attached hydrogens (tertiary/aromatic N) is 2. The van der Waals surface area contributed by atoms with Gasteiger partial charge < -0.3 is 4.74 Å². The highest BCUT2D eigenvalue weighted by Crippen LogP contribution is 2.33. The van der Waals surface area contributed by atoms with E-state index < -0.39 is 0 Å². The first kappa shape index (κ1) is 19.1. The third-order valence-corrected chi connectivity index (χ3v) is 5.20. The van der Waals surface area contributed by atoms with E-state index in [9.17, 15) is 0 Å². The lowest BCUT2D eigenvalue weighted by atomic mass is 10.1. The van der Waals surface area contributed by atoms with Gasteiger partial charge in [0.1, 0.15) is 0 Å². The van der Waals surface area contributed by atoms with Crippen molar-refractivity contribution in [3.63, 3.8) is 0 Å². The average molecular weight is 350 g/mol. The summed E-state index contributed by atoms with van der Waals surface area (Å²) in [6, 6.07) is 5.92. The van der Waals surface area contributed by atoms with E-state index in [4.69, 9.17) is 4.74 Å². The molecule has 2 heterocycles. The molecule has 0 aromatic carbocycles. The first-order chi connectivity index (χ1) is 11.8. The van der Waals surface area contributed by atoms with Crippen LogP contribution in [0.2, 0.25) is 0 Å². The van der Waals surface area contributed by atoms with Crippen LogP contribution in [0.3, 0.4) is 0 Å². The molecular weight excluding hydrogens is 318 g/mol. The number of pyridine rings is 1. The first-order valence-corrected chi connectivity index (χ1v) is 10.1. The van der Waals surface area contributed by atoms with E-state index in [-0.39, 0.29) is 6.10 Å². The molecule has 1 aliphatic rings. The van der Waals surface area contributed by atoms with Gasteiger partial charge in [-0.2, -0.15) is 0 Å². The van der Waals surface area contributed by atoms with Gasteiger partial charge in [-0.15, -0.1) is 0 Å². The summed E-state index contributed by atoms with van der Waals surface area (Å²) in [6.07, 6.45) is 14.3. The third kappa shape index (κ3) is 6.36. The Hall–Kier alpha value is -1.20. The van der Waals surface area contributed by atoms with Crippen LogP contribution in [0.4, 0.5) is 5.82 Å². The molecule has 0 radical (unpaired) electrons.